The van der Waals surface area contributed by atoms with Crippen molar-refractivity contribution >= 4 is 41.2 Å². The highest BCUT2D eigenvalue weighted by molar-refractivity contribution is 6.30. The zero-order valence-electron chi connectivity index (χ0n) is 20.7. The summed E-state index contributed by atoms with van der Waals surface area (Å²) in [7, 11) is 0. The quantitative estimate of drug-likeness (QED) is 0.240. The maximum atomic E-state index is 13.7. The summed E-state index contributed by atoms with van der Waals surface area (Å²) in [6.07, 6.45) is 9.59. The van der Waals surface area contributed by atoms with Crippen LogP contribution in [0.15, 0.2) is 90.9 Å². The Morgan fingerprint density at radius 3 is 2.55 bits per heavy atom. The van der Waals surface area contributed by atoms with Gasteiger partial charge in [-0.3, -0.25) is 25.4 Å². The normalized spacial score (nSPS) is 14.3. The number of aromatic nitrogens is 1. The van der Waals surface area contributed by atoms with Crippen LogP contribution in [0, 0.1) is 11.6 Å². The molecule has 1 aliphatic carbocycles. The van der Waals surface area contributed by atoms with Crippen LogP contribution in [-0.4, -0.2) is 28.9 Å². The number of anilines is 1. The topological polar surface area (TPSA) is 121 Å². The summed E-state index contributed by atoms with van der Waals surface area (Å²) in [5, 5.41) is 5.56. The fraction of sp³-hybridized carbons (Fsp3) is 0.0714. The first-order valence-corrected chi connectivity index (χ1v) is 12.2. The fourth-order valence-corrected chi connectivity index (χ4v) is 3.53. The van der Waals surface area contributed by atoms with Gasteiger partial charge in [0.2, 0.25) is 0 Å². The third kappa shape index (κ3) is 8.23. The minimum Gasteiger partial charge on any atom is -0.458 e. The molecule has 4 N–H and O–H groups in total. The number of hydrazine groups is 1. The van der Waals surface area contributed by atoms with E-state index in [9.17, 15) is 23.2 Å². The Kier molecular flexibility index (Phi) is 9.21. The predicted molar refractivity (Wildman–Crippen MR) is 145 cm³/mol. The van der Waals surface area contributed by atoms with E-state index >= 15 is 0 Å². The number of hydrogen-bond acceptors (Lipinski definition) is 5. The van der Waals surface area contributed by atoms with E-state index in [1.165, 1.54) is 18.3 Å². The van der Waals surface area contributed by atoms with E-state index in [-0.39, 0.29) is 11.4 Å². The highest BCUT2D eigenvalue weighted by Crippen LogP contribution is 2.19. The van der Waals surface area contributed by atoms with E-state index in [1.54, 1.807) is 54.6 Å². The predicted octanol–water partition coefficient (Wildman–Crippen LogP) is 4.90. The average Bonchev–Trinajstić information content (AvgIpc) is 2.94. The summed E-state index contributed by atoms with van der Waals surface area (Å²) in [6.45, 7) is 0. The zero-order valence-corrected chi connectivity index (χ0v) is 21.4. The summed E-state index contributed by atoms with van der Waals surface area (Å²) >= 11 is 5.83. The van der Waals surface area contributed by atoms with Crippen LogP contribution >= 0.6 is 11.6 Å². The number of hydrogen-bond donors (Lipinski definition) is 4. The molecule has 0 aliphatic heterocycles. The maximum Gasteiger partial charge on any atom is 0.319 e. The number of allylic oxidation sites excluding steroid dienone is 1. The number of urea groups is 1. The van der Waals surface area contributed by atoms with Crippen molar-refractivity contribution < 1.29 is 27.9 Å². The number of pyridine rings is 1. The first kappa shape index (κ1) is 28.0. The highest BCUT2D eigenvalue weighted by Gasteiger charge is 2.15. The molecule has 4 rings (SSSR count). The second kappa shape index (κ2) is 13.2. The molecule has 0 fully saturated rings. The maximum absolute atomic E-state index is 13.7. The second-order valence-electron chi connectivity index (χ2n) is 8.34. The molecular weight excluding hydrogens is 544 g/mol. The molecule has 40 heavy (non-hydrogen) atoms. The number of benzene rings is 2. The van der Waals surface area contributed by atoms with Gasteiger partial charge < -0.3 is 15.4 Å². The van der Waals surface area contributed by atoms with Gasteiger partial charge in [-0.2, -0.15) is 0 Å². The lowest BCUT2D eigenvalue weighted by molar-refractivity contribution is -0.117. The Bertz CT molecular complexity index is 1510. The first-order valence-electron chi connectivity index (χ1n) is 11.8. The van der Waals surface area contributed by atoms with E-state index in [2.05, 4.69) is 26.5 Å². The number of amides is 4. The molecule has 0 spiro atoms. The van der Waals surface area contributed by atoms with E-state index in [4.69, 9.17) is 16.3 Å². The zero-order chi connectivity index (χ0) is 28.5. The Hall–Kier alpha value is -5.03. The molecule has 3 aromatic rings. The number of nitrogens with one attached hydrogen (secondary N) is 4. The molecule has 2 aromatic carbocycles. The summed E-state index contributed by atoms with van der Waals surface area (Å²) in [6, 6.07) is 11.6. The molecule has 0 bridgehead atoms. The van der Waals surface area contributed by atoms with E-state index in [0.29, 0.717) is 29.0 Å². The SMILES string of the molecule is O=C(/C=C/c1ccc(Cl)cc1)NNC(=O)c1cc(OC2=CCC(NC(=O)Nc3ccc(F)cc3F)C=C2)ccn1. The lowest BCUT2D eigenvalue weighted by atomic mass is 10.1. The standard InChI is InChI=1S/C28H22ClF2N5O4/c29-18-4-1-17(2-5-18)3-12-26(37)35-36-27(38)25-16-22(13-14-32-25)40-21-9-7-20(8-10-21)33-28(39)34-24-11-6-19(30)15-23(24)31/h1-7,9-16,20H,8H2,(H,35,37)(H,36,38)(H2,33,34,39)/b12-3+. The highest BCUT2D eigenvalue weighted by atomic mass is 35.5. The Balaban J connectivity index is 1.24. The molecule has 0 saturated heterocycles. The van der Waals surface area contributed by atoms with E-state index < -0.39 is 35.5 Å². The van der Waals surface area contributed by atoms with Crippen LogP contribution in [0.2, 0.25) is 5.02 Å². The molecule has 1 aliphatic rings. The van der Waals surface area contributed by atoms with Gasteiger partial charge in [0.1, 0.15) is 28.8 Å². The van der Waals surface area contributed by atoms with Crippen LogP contribution in [0.5, 0.6) is 5.75 Å². The lowest BCUT2D eigenvalue weighted by Crippen LogP contribution is -2.41. The van der Waals surface area contributed by atoms with Crippen LogP contribution in [0.25, 0.3) is 6.08 Å². The third-order valence-electron chi connectivity index (χ3n) is 5.36. The molecule has 0 saturated carbocycles. The van der Waals surface area contributed by atoms with Gasteiger partial charge in [0.25, 0.3) is 11.8 Å². The smallest absolute Gasteiger partial charge is 0.319 e. The fourth-order valence-electron chi connectivity index (χ4n) is 3.41. The monoisotopic (exact) mass is 565 g/mol. The third-order valence-corrected chi connectivity index (χ3v) is 5.61. The van der Waals surface area contributed by atoms with Gasteiger partial charge in [-0.15, -0.1) is 0 Å². The molecule has 1 unspecified atom stereocenters. The number of halogens is 3. The van der Waals surface area contributed by atoms with Crippen molar-refractivity contribution in [2.75, 3.05) is 5.32 Å². The minimum atomic E-state index is -0.885. The first-order chi connectivity index (χ1) is 19.2. The molecule has 1 atom stereocenters. The van der Waals surface area contributed by atoms with Gasteiger partial charge in [0.15, 0.2) is 0 Å². The molecule has 0 radical (unpaired) electrons. The largest absolute Gasteiger partial charge is 0.458 e. The van der Waals surface area contributed by atoms with Crippen molar-refractivity contribution in [3.63, 3.8) is 0 Å². The Morgan fingerprint density at radius 2 is 1.82 bits per heavy atom. The summed E-state index contributed by atoms with van der Waals surface area (Å²) in [5.41, 5.74) is 5.16. The molecule has 12 heteroatoms. The number of carbonyl (C=O) groups is 3. The average molecular weight is 566 g/mol. The second-order valence-corrected chi connectivity index (χ2v) is 8.77. The molecule has 204 valence electrons. The van der Waals surface area contributed by atoms with Crippen molar-refractivity contribution in [3.05, 3.63) is 119 Å². The van der Waals surface area contributed by atoms with E-state index in [0.717, 1.165) is 17.7 Å². The van der Waals surface area contributed by atoms with Crippen molar-refractivity contribution in [3.8, 4) is 5.75 Å². The summed E-state index contributed by atoms with van der Waals surface area (Å²) < 4.78 is 32.5. The summed E-state index contributed by atoms with van der Waals surface area (Å²) in [4.78, 5) is 40.6. The molecular formula is C28H22ClF2N5O4. The van der Waals surface area contributed by atoms with Crippen LogP contribution in [-0.2, 0) is 4.79 Å². The van der Waals surface area contributed by atoms with Crippen LogP contribution in [0.1, 0.15) is 22.5 Å². The number of ether oxygens (including phenoxy) is 1. The van der Waals surface area contributed by atoms with Gasteiger partial charge >= 0.3 is 6.03 Å². The molecule has 1 aromatic heterocycles. The number of nitrogens with zero attached hydrogens (tertiary/aromatic N) is 1. The van der Waals surface area contributed by atoms with Gasteiger partial charge in [-0.25, -0.2) is 13.6 Å². The van der Waals surface area contributed by atoms with Crippen molar-refractivity contribution in [1.29, 1.82) is 0 Å². The Morgan fingerprint density at radius 1 is 1.02 bits per heavy atom. The summed E-state index contributed by atoms with van der Waals surface area (Å²) in [5.74, 6) is -2.05. The van der Waals surface area contributed by atoms with E-state index in [1.807, 2.05) is 0 Å². The van der Waals surface area contributed by atoms with Crippen LogP contribution < -0.4 is 26.2 Å². The Labute approximate surface area is 232 Å². The van der Waals surface area contributed by atoms with Crippen LogP contribution in [0.3, 0.4) is 0 Å². The lowest BCUT2D eigenvalue weighted by Gasteiger charge is -2.18. The molecule has 4 amide bonds. The van der Waals surface area contributed by atoms with Gasteiger partial charge in [-0.05, 0) is 60.5 Å². The minimum absolute atomic E-state index is 0.00381. The van der Waals surface area contributed by atoms with Crippen molar-refractivity contribution in [2.45, 2.75) is 12.5 Å². The number of carbonyl (C=O) groups excluding carboxylic acids is 3. The van der Waals surface area contributed by atoms with Crippen molar-refractivity contribution in [1.82, 2.24) is 21.2 Å². The van der Waals surface area contributed by atoms with Crippen molar-refractivity contribution in [2.24, 2.45) is 0 Å². The molecule has 9 nitrogen and oxygen atoms in total. The van der Waals surface area contributed by atoms with Gasteiger partial charge in [0, 0.05) is 29.4 Å². The van der Waals surface area contributed by atoms with Gasteiger partial charge in [0.05, 0.1) is 11.7 Å². The molecule has 1 heterocycles. The van der Waals surface area contributed by atoms with Crippen LogP contribution in [0.4, 0.5) is 19.3 Å². The van der Waals surface area contributed by atoms with Gasteiger partial charge in [-0.1, -0.05) is 29.8 Å². The number of rotatable bonds is 7.